The first-order valence-corrected chi connectivity index (χ1v) is 9.06. The molecule has 4 aromatic rings. The number of hydrogen-bond acceptors (Lipinski definition) is 3. The number of nitrogens with one attached hydrogen (secondary N) is 2. The van der Waals surface area contributed by atoms with Gasteiger partial charge in [0.1, 0.15) is 6.29 Å². The maximum atomic E-state index is 12.2. The first kappa shape index (κ1) is 17.2. The lowest BCUT2D eigenvalue weighted by Gasteiger charge is -2.25. The molecule has 2 aromatic carbocycles. The number of aromatic nitrogens is 2. The van der Waals surface area contributed by atoms with E-state index in [0.717, 1.165) is 34.0 Å². The lowest BCUT2D eigenvalue weighted by Crippen LogP contribution is -2.28. The summed E-state index contributed by atoms with van der Waals surface area (Å²) in [6.07, 6.45) is 4.77. The third-order valence-corrected chi connectivity index (χ3v) is 4.87. The Bertz CT molecular complexity index is 1010. The van der Waals surface area contributed by atoms with Gasteiger partial charge in [0.2, 0.25) is 0 Å². The number of carbonyl (C=O) groups is 1. The van der Waals surface area contributed by atoms with E-state index in [2.05, 4.69) is 33.5 Å². The van der Waals surface area contributed by atoms with Gasteiger partial charge in [-0.2, -0.15) is 0 Å². The Hall–Kier alpha value is -3.24. The van der Waals surface area contributed by atoms with Gasteiger partial charge < -0.3 is 15.1 Å². The molecule has 0 bridgehead atoms. The number of rotatable bonds is 7. The second kappa shape index (κ2) is 7.98. The van der Waals surface area contributed by atoms with Crippen molar-refractivity contribution in [3.8, 4) is 0 Å². The van der Waals surface area contributed by atoms with Crippen LogP contribution in [0.25, 0.3) is 10.9 Å². The summed E-state index contributed by atoms with van der Waals surface area (Å²) in [5, 5.41) is 4.63. The second-order valence-electron chi connectivity index (χ2n) is 6.54. The lowest BCUT2D eigenvalue weighted by molar-refractivity contribution is -0.109. The molecule has 0 radical (unpaired) electrons. The molecule has 2 aromatic heterocycles. The fraction of sp³-hybridized carbons (Fsp3) is 0.130. The molecule has 0 fully saturated rings. The van der Waals surface area contributed by atoms with Crippen LogP contribution in [0.3, 0.4) is 0 Å². The molecule has 0 saturated carbocycles. The molecule has 2 unspecified atom stereocenters. The zero-order valence-electron chi connectivity index (χ0n) is 14.9. The third-order valence-electron chi connectivity index (χ3n) is 4.87. The summed E-state index contributed by atoms with van der Waals surface area (Å²) in [5.74, 6) is -0.313. The number of H-pyrrole nitrogens is 1. The summed E-state index contributed by atoms with van der Waals surface area (Å²) >= 11 is 0. The Labute approximate surface area is 158 Å². The van der Waals surface area contributed by atoms with Crippen molar-refractivity contribution >= 4 is 17.2 Å². The van der Waals surface area contributed by atoms with Crippen molar-refractivity contribution in [2.75, 3.05) is 0 Å². The normalized spacial score (nSPS) is 13.3. The molecule has 0 aliphatic rings. The zero-order chi connectivity index (χ0) is 18.5. The smallest absolute Gasteiger partial charge is 0.129 e. The van der Waals surface area contributed by atoms with Crippen LogP contribution < -0.4 is 5.32 Å². The van der Waals surface area contributed by atoms with Crippen molar-refractivity contribution in [2.45, 2.75) is 18.5 Å². The van der Waals surface area contributed by atoms with Gasteiger partial charge in [0.25, 0.3) is 0 Å². The maximum absolute atomic E-state index is 12.2. The molecule has 2 N–H and O–H groups in total. The van der Waals surface area contributed by atoms with Crippen molar-refractivity contribution in [1.29, 1.82) is 0 Å². The Balaban J connectivity index is 1.70. The minimum atomic E-state index is -0.313. The number of aldehydes is 1. The fourth-order valence-electron chi connectivity index (χ4n) is 3.53. The molecule has 2 heterocycles. The molecule has 2 atom stereocenters. The van der Waals surface area contributed by atoms with Crippen molar-refractivity contribution in [3.63, 3.8) is 0 Å². The number of hydrogen-bond donors (Lipinski definition) is 2. The van der Waals surface area contributed by atoms with Gasteiger partial charge in [0, 0.05) is 35.9 Å². The maximum Gasteiger partial charge on any atom is 0.129 e. The SMILES string of the molecule is O=CC(c1c[nH]c2ccccc12)C(NCc1ccccn1)c1ccccc1. The van der Waals surface area contributed by atoms with E-state index in [1.54, 1.807) is 6.20 Å². The Morgan fingerprint density at radius 2 is 1.74 bits per heavy atom. The van der Waals surface area contributed by atoms with Gasteiger partial charge in [-0.3, -0.25) is 4.98 Å². The van der Waals surface area contributed by atoms with Crippen LogP contribution in [0, 0.1) is 0 Å². The molecule has 27 heavy (non-hydrogen) atoms. The predicted octanol–water partition coefficient (Wildman–Crippen LogP) is 4.38. The average Bonchev–Trinajstić information content (AvgIpc) is 3.16. The molecular weight excluding hydrogens is 334 g/mol. The van der Waals surface area contributed by atoms with Gasteiger partial charge in [-0.15, -0.1) is 0 Å². The zero-order valence-corrected chi connectivity index (χ0v) is 14.9. The molecule has 0 saturated heterocycles. The summed E-state index contributed by atoms with van der Waals surface area (Å²) < 4.78 is 0. The lowest BCUT2D eigenvalue weighted by atomic mass is 9.87. The molecule has 0 aliphatic carbocycles. The highest BCUT2D eigenvalue weighted by Crippen LogP contribution is 2.34. The molecule has 134 valence electrons. The minimum absolute atomic E-state index is 0.148. The Morgan fingerprint density at radius 1 is 0.963 bits per heavy atom. The van der Waals surface area contributed by atoms with Crippen LogP contribution in [-0.4, -0.2) is 16.3 Å². The standard InChI is InChI=1S/C23H21N3O/c27-16-21(20-15-25-22-12-5-4-11-19(20)22)23(17-8-2-1-3-9-17)26-14-18-10-6-7-13-24-18/h1-13,15-16,21,23,25-26H,14H2. The summed E-state index contributed by atoms with van der Waals surface area (Å²) in [7, 11) is 0. The van der Waals surface area contributed by atoms with Crippen LogP contribution in [0.2, 0.25) is 0 Å². The minimum Gasteiger partial charge on any atom is -0.361 e. The number of pyridine rings is 1. The molecule has 4 heteroatoms. The highest BCUT2D eigenvalue weighted by molar-refractivity contribution is 5.87. The van der Waals surface area contributed by atoms with E-state index in [9.17, 15) is 4.79 Å². The third kappa shape index (κ3) is 3.66. The monoisotopic (exact) mass is 355 g/mol. The van der Waals surface area contributed by atoms with Crippen molar-refractivity contribution in [1.82, 2.24) is 15.3 Å². The summed E-state index contributed by atoms with van der Waals surface area (Å²) in [6.45, 7) is 0.590. The largest absolute Gasteiger partial charge is 0.361 e. The van der Waals surface area contributed by atoms with Gasteiger partial charge in [0.15, 0.2) is 0 Å². The van der Waals surface area contributed by atoms with E-state index in [-0.39, 0.29) is 12.0 Å². The van der Waals surface area contributed by atoms with E-state index >= 15 is 0 Å². The number of fused-ring (bicyclic) bond motifs is 1. The summed E-state index contributed by atoms with van der Waals surface area (Å²) in [6, 6.07) is 23.9. The Kier molecular flexibility index (Phi) is 5.08. The van der Waals surface area contributed by atoms with Gasteiger partial charge in [-0.25, -0.2) is 0 Å². The van der Waals surface area contributed by atoms with E-state index in [1.807, 2.05) is 60.8 Å². The highest BCUT2D eigenvalue weighted by Gasteiger charge is 2.26. The number of carbonyl (C=O) groups excluding carboxylic acids is 1. The second-order valence-corrected chi connectivity index (χ2v) is 6.54. The molecular formula is C23H21N3O. The quantitative estimate of drug-likeness (QED) is 0.484. The van der Waals surface area contributed by atoms with Gasteiger partial charge in [-0.1, -0.05) is 54.6 Å². The van der Waals surface area contributed by atoms with Gasteiger partial charge >= 0.3 is 0 Å². The van der Waals surface area contributed by atoms with Crippen LogP contribution in [0.4, 0.5) is 0 Å². The van der Waals surface area contributed by atoms with Crippen LogP contribution in [0.15, 0.2) is 85.2 Å². The number of benzene rings is 2. The molecule has 4 rings (SSSR count). The average molecular weight is 355 g/mol. The van der Waals surface area contributed by atoms with E-state index in [1.165, 1.54) is 0 Å². The van der Waals surface area contributed by atoms with Crippen LogP contribution in [-0.2, 0) is 11.3 Å². The molecule has 0 amide bonds. The van der Waals surface area contributed by atoms with E-state index in [4.69, 9.17) is 0 Å². The van der Waals surface area contributed by atoms with Crippen LogP contribution >= 0.6 is 0 Å². The molecule has 0 spiro atoms. The van der Waals surface area contributed by atoms with Crippen molar-refractivity contribution < 1.29 is 4.79 Å². The number of nitrogens with zero attached hydrogens (tertiary/aromatic N) is 1. The first-order valence-electron chi connectivity index (χ1n) is 9.06. The molecule has 0 aliphatic heterocycles. The van der Waals surface area contributed by atoms with Crippen LogP contribution in [0.5, 0.6) is 0 Å². The van der Waals surface area contributed by atoms with E-state index in [0.29, 0.717) is 6.54 Å². The van der Waals surface area contributed by atoms with Crippen molar-refractivity contribution in [3.05, 3.63) is 102 Å². The predicted molar refractivity (Wildman–Crippen MR) is 107 cm³/mol. The number of aromatic amines is 1. The summed E-state index contributed by atoms with van der Waals surface area (Å²) in [5.41, 5.74) is 4.07. The number of para-hydroxylation sites is 1. The summed E-state index contributed by atoms with van der Waals surface area (Å²) in [4.78, 5) is 19.9. The van der Waals surface area contributed by atoms with Gasteiger partial charge in [0.05, 0.1) is 11.6 Å². The van der Waals surface area contributed by atoms with Gasteiger partial charge in [-0.05, 0) is 29.3 Å². The molecule has 4 nitrogen and oxygen atoms in total. The van der Waals surface area contributed by atoms with Crippen LogP contribution in [0.1, 0.15) is 28.8 Å². The van der Waals surface area contributed by atoms with Crippen molar-refractivity contribution in [2.24, 2.45) is 0 Å². The topological polar surface area (TPSA) is 57.8 Å². The highest BCUT2D eigenvalue weighted by atomic mass is 16.1. The Morgan fingerprint density at radius 3 is 2.52 bits per heavy atom. The van der Waals surface area contributed by atoms with E-state index < -0.39 is 0 Å². The first-order chi connectivity index (χ1) is 13.4. The fourth-order valence-corrected chi connectivity index (χ4v) is 3.53.